The Balaban J connectivity index is 1.60. The Morgan fingerprint density at radius 3 is 2.40 bits per heavy atom. The van der Waals surface area contributed by atoms with Gasteiger partial charge in [-0.1, -0.05) is 6.92 Å². The molecule has 142 valence electrons. The van der Waals surface area contributed by atoms with Gasteiger partial charge < -0.3 is 19.7 Å². The van der Waals surface area contributed by atoms with Crippen LogP contribution in [0.15, 0.2) is 0 Å². The van der Waals surface area contributed by atoms with Crippen LogP contribution >= 0.6 is 0 Å². The number of ether oxygens (including phenoxy) is 2. The van der Waals surface area contributed by atoms with Gasteiger partial charge in [0.25, 0.3) is 0 Å². The second kappa shape index (κ2) is 7.02. The summed E-state index contributed by atoms with van der Waals surface area (Å²) in [6.07, 6.45) is 4.08. The van der Waals surface area contributed by atoms with Crippen molar-refractivity contribution < 1.29 is 19.1 Å². The third-order valence-electron chi connectivity index (χ3n) is 6.35. The summed E-state index contributed by atoms with van der Waals surface area (Å²) in [5.41, 5.74) is -0.327. The summed E-state index contributed by atoms with van der Waals surface area (Å²) in [4.78, 5) is 28.0. The van der Waals surface area contributed by atoms with E-state index in [2.05, 4.69) is 31.0 Å². The van der Waals surface area contributed by atoms with Crippen LogP contribution in [0, 0.1) is 0 Å². The van der Waals surface area contributed by atoms with Crippen LogP contribution in [0.3, 0.4) is 0 Å². The van der Waals surface area contributed by atoms with Crippen molar-refractivity contribution in [2.45, 2.75) is 82.6 Å². The molecule has 3 aliphatic heterocycles. The van der Waals surface area contributed by atoms with Gasteiger partial charge in [-0.15, -0.1) is 0 Å². The molecule has 0 bridgehead atoms. The fourth-order valence-corrected chi connectivity index (χ4v) is 5.06. The van der Waals surface area contributed by atoms with E-state index in [1.165, 1.54) is 7.11 Å². The molecule has 3 rings (SSSR count). The summed E-state index contributed by atoms with van der Waals surface area (Å²) in [7, 11) is 1.44. The minimum absolute atomic E-state index is 0.126. The van der Waals surface area contributed by atoms with Crippen LogP contribution in [-0.2, 0) is 9.47 Å². The highest BCUT2D eigenvalue weighted by molar-refractivity contribution is 5.71. The Morgan fingerprint density at radius 1 is 1.28 bits per heavy atom. The van der Waals surface area contributed by atoms with Crippen molar-refractivity contribution in [1.82, 2.24) is 15.1 Å². The molecular weight excluding hydrogens is 322 g/mol. The van der Waals surface area contributed by atoms with Gasteiger partial charge in [-0.05, 0) is 33.1 Å². The fraction of sp³-hybridized carbons (Fsp3) is 0.889. The van der Waals surface area contributed by atoms with E-state index in [0.717, 1.165) is 45.2 Å². The summed E-state index contributed by atoms with van der Waals surface area (Å²) in [5.74, 6) is 0. The molecule has 3 aliphatic rings. The van der Waals surface area contributed by atoms with Crippen LogP contribution in [0.5, 0.6) is 0 Å². The third kappa shape index (κ3) is 3.30. The van der Waals surface area contributed by atoms with Crippen LogP contribution in [0.25, 0.3) is 0 Å². The smallest absolute Gasteiger partial charge is 0.409 e. The molecule has 0 radical (unpaired) electrons. The molecule has 3 unspecified atom stereocenters. The summed E-state index contributed by atoms with van der Waals surface area (Å²) >= 11 is 0. The molecule has 2 amide bonds. The topological polar surface area (TPSA) is 71.1 Å². The molecule has 25 heavy (non-hydrogen) atoms. The molecule has 1 spiro atoms. The van der Waals surface area contributed by atoms with Crippen LogP contribution < -0.4 is 5.32 Å². The molecule has 0 aromatic rings. The summed E-state index contributed by atoms with van der Waals surface area (Å²) in [5, 5.41) is 2.96. The van der Waals surface area contributed by atoms with Crippen molar-refractivity contribution in [3.63, 3.8) is 0 Å². The molecule has 1 N–H and O–H groups in total. The number of amides is 2. The molecule has 0 aromatic heterocycles. The summed E-state index contributed by atoms with van der Waals surface area (Å²) in [6, 6.07) is 0.937. The Hall–Kier alpha value is -1.50. The zero-order valence-electron chi connectivity index (χ0n) is 15.8. The lowest BCUT2D eigenvalue weighted by Gasteiger charge is -2.48. The van der Waals surface area contributed by atoms with E-state index in [0.29, 0.717) is 6.04 Å². The van der Waals surface area contributed by atoms with Crippen molar-refractivity contribution in [2.24, 2.45) is 0 Å². The van der Waals surface area contributed by atoms with Gasteiger partial charge in [0.2, 0.25) is 0 Å². The molecule has 3 heterocycles. The van der Waals surface area contributed by atoms with Gasteiger partial charge in [0, 0.05) is 44.1 Å². The number of carbonyl (C=O) groups excluding carboxylic acids is 2. The standard InChI is InChI=1S/C18H31N3O4/c1-5-15-18(25-16(22)19-15)6-8-20(9-7-18)14-10-12(2)21(13(3)11-14)17(23)24-4/h12-15H,5-11H2,1-4H3,(H,19,22). The quantitative estimate of drug-likeness (QED) is 0.825. The Bertz CT molecular complexity index is 506. The highest BCUT2D eigenvalue weighted by Gasteiger charge is 2.50. The lowest BCUT2D eigenvalue weighted by atomic mass is 9.82. The molecule has 3 atom stereocenters. The zero-order valence-corrected chi connectivity index (χ0v) is 15.8. The number of hydrogen-bond donors (Lipinski definition) is 1. The molecule has 0 aromatic carbocycles. The lowest BCUT2D eigenvalue weighted by Crippen LogP contribution is -2.58. The van der Waals surface area contributed by atoms with Crippen molar-refractivity contribution in [2.75, 3.05) is 20.2 Å². The van der Waals surface area contributed by atoms with Crippen LogP contribution in [0.4, 0.5) is 9.59 Å². The predicted molar refractivity (Wildman–Crippen MR) is 93.4 cm³/mol. The Morgan fingerprint density at radius 2 is 1.88 bits per heavy atom. The monoisotopic (exact) mass is 353 g/mol. The normalized spacial score (nSPS) is 35.4. The van der Waals surface area contributed by atoms with Crippen molar-refractivity contribution in [3.8, 4) is 0 Å². The van der Waals surface area contributed by atoms with Gasteiger partial charge in [0.15, 0.2) is 0 Å². The molecule has 3 fully saturated rings. The maximum atomic E-state index is 12.0. The second-order valence-electron chi connectivity index (χ2n) is 7.80. The Kier molecular flexibility index (Phi) is 5.14. The first-order valence-corrected chi connectivity index (χ1v) is 9.50. The summed E-state index contributed by atoms with van der Waals surface area (Å²) in [6.45, 7) is 8.17. The number of alkyl carbamates (subject to hydrolysis) is 1. The molecule has 0 saturated carbocycles. The molecule has 0 aliphatic carbocycles. The number of hydrogen-bond acceptors (Lipinski definition) is 5. The number of rotatable bonds is 2. The maximum Gasteiger partial charge on any atom is 0.409 e. The molecular formula is C18H31N3O4. The lowest BCUT2D eigenvalue weighted by molar-refractivity contribution is -0.0426. The van der Waals surface area contributed by atoms with E-state index in [1.807, 2.05) is 4.90 Å². The van der Waals surface area contributed by atoms with Gasteiger partial charge in [0.05, 0.1) is 13.2 Å². The average Bonchev–Trinajstić information content (AvgIpc) is 2.89. The van der Waals surface area contributed by atoms with Gasteiger partial charge in [0.1, 0.15) is 5.60 Å². The van der Waals surface area contributed by atoms with Gasteiger partial charge in [-0.2, -0.15) is 0 Å². The van der Waals surface area contributed by atoms with E-state index in [9.17, 15) is 9.59 Å². The fourth-order valence-electron chi connectivity index (χ4n) is 5.06. The summed E-state index contributed by atoms with van der Waals surface area (Å²) < 4.78 is 10.6. The van der Waals surface area contributed by atoms with Gasteiger partial charge in [-0.25, -0.2) is 9.59 Å². The molecule has 7 heteroatoms. The van der Waals surface area contributed by atoms with Gasteiger partial charge >= 0.3 is 12.2 Å². The molecule has 3 saturated heterocycles. The van der Waals surface area contributed by atoms with Crippen LogP contribution in [0.2, 0.25) is 0 Å². The highest BCUT2D eigenvalue weighted by atomic mass is 16.6. The first kappa shape index (κ1) is 18.3. The van der Waals surface area contributed by atoms with Crippen molar-refractivity contribution >= 4 is 12.2 Å². The SMILES string of the molecule is CCC1NC(=O)OC12CCN(C1CC(C)N(C(=O)OC)C(C)C1)CC2. The highest BCUT2D eigenvalue weighted by Crippen LogP contribution is 2.37. The van der Waals surface area contributed by atoms with E-state index in [1.54, 1.807) is 0 Å². The van der Waals surface area contributed by atoms with E-state index in [-0.39, 0.29) is 35.9 Å². The van der Waals surface area contributed by atoms with E-state index in [4.69, 9.17) is 9.47 Å². The first-order chi connectivity index (χ1) is 11.9. The first-order valence-electron chi connectivity index (χ1n) is 9.50. The molecule has 7 nitrogen and oxygen atoms in total. The number of methoxy groups -OCH3 is 1. The number of nitrogens with one attached hydrogen (secondary N) is 1. The van der Waals surface area contributed by atoms with Crippen molar-refractivity contribution in [1.29, 1.82) is 0 Å². The number of likely N-dealkylation sites (tertiary alicyclic amines) is 2. The average molecular weight is 353 g/mol. The maximum absolute atomic E-state index is 12.0. The second-order valence-corrected chi connectivity index (χ2v) is 7.80. The van der Waals surface area contributed by atoms with Crippen LogP contribution in [-0.4, -0.2) is 72.0 Å². The van der Waals surface area contributed by atoms with Crippen LogP contribution in [0.1, 0.15) is 52.9 Å². The zero-order chi connectivity index (χ0) is 18.2. The number of piperidine rings is 2. The largest absolute Gasteiger partial charge is 0.453 e. The van der Waals surface area contributed by atoms with E-state index >= 15 is 0 Å². The van der Waals surface area contributed by atoms with Crippen molar-refractivity contribution in [3.05, 3.63) is 0 Å². The number of nitrogens with zero attached hydrogens (tertiary/aromatic N) is 2. The van der Waals surface area contributed by atoms with E-state index < -0.39 is 0 Å². The minimum Gasteiger partial charge on any atom is -0.453 e. The predicted octanol–water partition coefficient (Wildman–Crippen LogP) is 2.35. The Labute approximate surface area is 150 Å². The third-order valence-corrected chi connectivity index (χ3v) is 6.35. The number of carbonyl (C=O) groups is 2. The van der Waals surface area contributed by atoms with Gasteiger partial charge in [-0.3, -0.25) is 4.90 Å². The minimum atomic E-state index is -0.327.